The lowest BCUT2D eigenvalue weighted by Gasteiger charge is -2.18. The number of hydrogen-bond acceptors (Lipinski definition) is 3. The van der Waals surface area contributed by atoms with Crippen molar-refractivity contribution in [3.63, 3.8) is 0 Å². The summed E-state index contributed by atoms with van der Waals surface area (Å²) < 4.78 is 5.14. The Kier molecular flexibility index (Phi) is 3.15. The molecule has 0 bridgehead atoms. The molecule has 80 valence electrons. The molecule has 1 atom stereocenters. The molecular formula is C11H14N2O2. The highest BCUT2D eigenvalue weighted by Crippen LogP contribution is 2.17. The SMILES string of the molecule is CC(NC(=O)C(C)(C)C#N)c1ccco1. The quantitative estimate of drug-likeness (QED) is 0.822. The van der Waals surface area contributed by atoms with Gasteiger partial charge in [0.25, 0.3) is 0 Å². The van der Waals surface area contributed by atoms with E-state index in [1.54, 1.807) is 32.2 Å². The average Bonchev–Trinajstić information content (AvgIpc) is 2.70. The number of nitrogens with one attached hydrogen (secondary N) is 1. The Morgan fingerprint density at radius 1 is 1.67 bits per heavy atom. The van der Waals surface area contributed by atoms with Crippen LogP contribution >= 0.6 is 0 Å². The van der Waals surface area contributed by atoms with Gasteiger partial charge in [0.05, 0.1) is 18.4 Å². The van der Waals surface area contributed by atoms with Gasteiger partial charge in [-0.15, -0.1) is 0 Å². The van der Waals surface area contributed by atoms with Crippen molar-refractivity contribution >= 4 is 5.91 Å². The molecule has 1 rings (SSSR count). The van der Waals surface area contributed by atoms with Gasteiger partial charge in [0, 0.05) is 0 Å². The lowest BCUT2D eigenvalue weighted by molar-refractivity contribution is -0.127. The number of carbonyl (C=O) groups is 1. The Labute approximate surface area is 88.9 Å². The Morgan fingerprint density at radius 3 is 2.80 bits per heavy atom. The third kappa shape index (κ3) is 2.59. The molecule has 1 amide bonds. The van der Waals surface area contributed by atoms with Crippen LogP contribution in [-0.4, -0.2) is 5.91 Å². The lowest BCUT2D eigenvalue weighted by Crippen LogP contribution is -2.37. The minimum Gasteiger partial charge on any atom is -0.467 e. The molecule has 0 fully saturated rings. The van der Waals surface area contributed by atoms with Crippen LogP contribution in [0.3, 0.4) is 0 Å². The lowest BCUT2D eigenvalue weighted by atomic mass is 9.94. The van der Waals surface area contributed by atoms with Gasteiger partial charge in [-0.25, -0.2) is 0 Å². The first-order valence-corrected chi connectivity index (χ1v) is 4.73. The zero-order chi connectivity index (χ0) is 11.5. The molecular weight excluding hydrogens is 192 g/mol. The smallest absolute Gasteiger partial charge is 0.240 e. The number of furan rings is 1. The highest BCUT2D eigenvalue weighted by Gasteiger charge is 2.28. The molecule has 1 heterocycles. The summed E-state index contributed by atoms with van der Waals surface area (Å²) in [6.45, 7) is 4.97. The van der Waals surface area contributed by atoms with Crippen molar-refractivity contribution < 1.29 is 9.21 Å². The number of hydrogen-bond donors (Lipinski definition) is 1. The molecule has 1 unspecified atom stereocenters. The third-order valence-electron chi connectivity index (χ3n) is 2.16. The van der Waals surface area contributed by atoms with Crippen LogP contribution in [0, 0.1) is 16.7 Å². The molecule has 1 aromatic heterocycles. The van der Waals surface area contributed by atoms with E-state index in [1.165, 1.54) is 0 Å². The molecule has 4 heteroatoms. The molecule has 1 aromatic rings. The predicted molar refractivity (Wildman–Crippen MR) is 54.7 cm³/mol. The summed E-state index contributed by atoms with van der Waals surface area (Å²) in [5.41, 5.74) is -1.01. The van der Waals surface area contributed by atoms with E-state index in [9.17, 15) is 4.79 Å². The van der Waals surface area contributed by atoms with E-state index in [0.29, 0.717) is 5.76 Å². The highest BCUT2D eigenvalue weighted by atomic mass is 16.3. The number of nitrogens with zero attached hydrogens (tertiary/aromatic N) is 1. The van der Waals surface area contributed by atoms with E-state index in [1.807, 2.05) is 13.0 Å². The highest BCUT2D eigenvalue weighted by molar-refractivity contribution is 5.84. The fraction of sp³-hybridized carbons (Fsp3) is 0.455. The minimum atomic E-state index is -1.01. The van der Waals surface area contributed by atoms with Crippen molar-refractivity contribution in [1.82, 2.24) is 5.32 Å². The van der Waals surface area contributed by atoms with Gasteiger partial charge in [-0.1, -0.05) is 0 Å². The van der Waals surface area contributed by atoms with Gasteiger partial charge in [-0.2, -0.15) is 5.26 Å². The normalized spacial score (nSPS) is 12.9. The van der Waals surface area contributed by atoms with Gasteiger partial charge in [0.15, 0.2) is 0 Å². The first kappa shape index (κ1) is 11.3. The molecule has 1 N–H and O–H groups in total. The van der Waals surface area contributed by atoms with Crippen molar-refractivity contribution in [2.75, 3.05) is 0 Å². The average molecular weight is 206 g/mol. The Balaban J connectivity index is 2.65. The van der Waals surface area contributed by atoms with Crippen LogP contribution < -0.4 is 5.32 Å². The van der Waals surface area contributed by atoms with Crippen LogP contribution in [0.1, 0.15) is 32.6 Å². The standard InChI is InChI=1S/C11H14N2O2/c1-8(9-5-4-6-15-9)13-10(14)11(2,3)7-12/h4-6,8H,1-3H3,(H,13,14). The second-order valence-corrected chi connectivity index (χ2v) is 3.95. The predicted octanol–water partition coefficient (Wildman–Crippen LogP) is 2.01. The van der Waals surface area contributed by atoms with E-state index in [-0.39, 0.29) is 11.9 Å². The monoisotopic (exact) mass is 206 g/mol. The van der Waals surface area contributed by atoms with Crippen molar-refractivity contribution in [2.24, 2.45) is 5.41 Å². The summed E-state index contributed by atoms with van der Waals surface area (Å²) in [6, 6.07) is 5.27. The molecule has 0 spiro atoms. The Bertz CT molecular complexity index is 374. The van der Waals surface area contributed by atoms with Gasteiger partial charge in [-0.05, 0) is 32.9 Å². The van der Waals surface area contributed by atoms with E-state index in [2.05, 4.69) is 5.32 Å². The summed E-state index contributed by atoms with van der Waals surface area (Å²) in [5.74, 6) is 0.381. The van der Waals surface area contributed by atoms with E-state index in [0.717, 1.165) is 0 Å². The summed E-state index contributed by atoms with van der Waals surface area (Å²) in [4.78, 5) is 11.6. The van der Waals surface area contributed by atoms with Crippen molar-refractivity contribution in [2.45, 2.75) is 26.8 Å². The second kappa shape index (κ2) is 4.18. The van der Waals surface area contributed by atoms with E-state index < -0.39 is 5.41 Å². The van der Waals surface area contributed by atoms with Gasteiger partial charge in [-0.3, -0.25) is 4.79 Å². The Morgan fingerprint density at radius 2 is 2.33 bits per heavy atom. The van der Waals surface area contributed by atoms with Gasteiger partial charge < -0.3 is 9.73 Å². The third-order valence-corrected chi connectivity index (χ3v) is 2.16. The van der Waals surface area contributed by atoms with Crippen LogP contribution in [0.25, 0.3) is 0 Å². The number of nitriles is 1. The fourth-order valence-corrected chi connectivity index (χ4v) is 1.04. The van der Waals surface area contributed by atoms with Crippen LogP contribution in [0.5, 0.6) is 0 Å². The Hall–Kier alpha value is -1.76. The summed E-state index contributed by atoms with van der Waals surface area (Å²) in [7, 11) is 0. The number of rotatable bonds is 3. The molecule has 4 nitrogen and oxygen atoms in total. The summed E-state index contributed by atoms with van der Waals surface area (Å²) in [6.07, 6.45) is 1.55. The number of amides is 1. The van der Waals surface area contributed by atoms with Crippen molar-refractivity contribution in [1.29, 1.82) is 5.26 Å². The maximum atomic E-state index is 11.6. The zero-order valence-corrected chi connectivity index (χ0v) is 9.07. The van der Waals surface area contributed by atoms with E-state index in [4.69, 9.17) is 9.68 Å². The van der Waals surface area contributed by atoms with Gasteiger partial charge in [0.1, 0.15) is 11.2 Å². The van der Waals surface area contributed by atoms with Crippen LogP contribution in [0.2, 0.25) is 0 Å². The molecule has 0 aliphatic rings. The van der Waals surface area contributed by atoms with Crippen molar-refractivity contribution in [3.05, 3.63) is 24.2 Å². The van der Waals surface area contributed by atoms with Crippen molar-refractivity contribution in [3.8, 4) is 6.07 Å². The molecule has 0 aromatic carbocycles. The summed E-state index contributed by atoms with van der Waals surface area (Å²) in [5, 5.41) is 11.5. The van der Waals surface area contributed by atoms with Crippen LogP contribution in [0.4, 0.5) is 0 Å². The van der Waals surface area contributed by atoms with Gasteiger partial charge in [0.2, 0.25) is 5.91 Å². The molecule has 0 aliphatic carbocycles. The maximum absolute atomic E-state index is 11.6. The first-order valence-electron chi connectivity index (χ1n) is 4.73. The number of carbonyl (C=O) groups excluding carboxylic acids is 1. The molecule has 0 saturated heterocycles. The van der Waals surface area contributed by atoms with Crippen LogP contribution in [0.15, 0.2) is 22.8 Å². The molecule has 15 heavy (non-hydrogen) atoms. The largest absolute Gasteiger partial charge is 0.467 e. The zero-order valence-electron chi connectivity index (χ0n) is 9.07. The fourth-order valence-electron chi connectivity index (χ4n) is 1.04. The molecule has 0 radical (unpaired) electrons. The second-order valence-electron chi connectivity index (χ2n) is 3.95. The van der Waals surface area contributed by atoms with Gasteiger partial charge >= 0.3 is 0 Å². The molecule has 0 aliphatic heterocycles. The molecule has 0 saturated carbocycles. The van der Waals surface area contributed by atoms with Crippen LogP contribution in [-0.2, 0) is 4.79 Å². The topological polar surface area (TPSA) is 66.0 Å². The van der Waals surface area contributed by atoms with E-state index >= 15 is 0 Å². The maximum Gasteiger partial charge on any atom is 0.240 e. The summed E-state index contributed by atoms with van der Waals surface area (Å²) >= 11 is 0. The first-order chi connectivity index (χ1) is 6.97. The minimum absolute atomic E-state index is 0.222.